The van der Waals surface area contributed by atoms with Gasteiger partial charge in [-0.25, -0.2) is 5.43 Å². The number of aromatic nitrogens is 1. The van der Waals surface area contributed by atoms with E-state index in [0.29, 0.717) is 6.04 Å². The van der Waals surface area contributed by atoms with Gasteiger partial charge in [-0.1, -0.05) is 31.2 Å². The van der Waals surface area contributed by atoms with Crippen molar-refractivity contribution in [1.82, 2.24) is 9.99 Å². The zero-order valence-electron chi connectivity index (χ0n) is 15.5. The number of carbonyl (C=O) groups is 1. The van der Waals surface area contributed by atoms with Gasteiger partial charge < -0.3 is 4.57 Å². The summed E-state index contributed by atoms with van der Waals surface area (Å²) >= 11 is 0. The summed E-state index contributed by atoms with van der Waals surface area (Å²) in [6.45, 7) is 4.21. The van der Waals surface area contributed by atoms with Crippen LogP contribution in [0.2, 0.25) is 0 Å². The van der Waals surface area contributed by atoms with Crippen molar-refractivity contribution in [3.8, 4) is 0 Å². The Morgan fingerprint density at radius 1 is 1.21 bits per heavy atom. The molecule has 4 nitrogen and oxygen atoms in total. The van der Waals surface area contributed by atoms with E-state index < -0.39 is 17.6 Å². The number of benzene rings is 2. The lowest BCUT2D eigenvalue weighted by Crippen LogP contribution is -2.18. The number of rotatable bonds is 5. The van der Waals surface area contributed by atoms with Crippen LogP contribution in [0, 0.1) is 0 Å². The lowest BCUT2D eigenvalue weighted by molar-refractivity contribution is -0.137. The number of halogens is 3. The van der Waals surface area contributed by atoms with Gasteiger partial charge in [-0.15, -0.1) is 0 Å². The molecule has 3 rings (SSSR count). The second-order valence-electron chi connectivity index (χ2n) is 6.54. The Labute approximate surface area is 160 Å². The third-order valence-electron chi connectivity index (χ3n) is 4.66. The van der Waals surface area contributed by atoms with E-state index >= 15 is 0 Å². The van der Waals surface area contributed by atoms with E-state index in [1.165, 1.54) is 18.3 Å². The first-order valence-corrected chi connectivity index (χ1v) is 8.91. The van der Waals surface area contributed by atoms with E-state index in [2.05, 4.69) is 28.9 Å². The Kier molecular flexibility index (Phi) is 5.53. The van der Waals surface area contributed by atoms with Crippen molar-refractivity contribution in [2.75, 3.05) is 0 Å². The predicted molar refractivity (Wildman–Crippen MR) is 103 cm³/mol. The minimum Gasteiger partial charge on any atom is -0.344 e. The molecule has 28 heavy (non-hydrogen) atoms. The highest BCUT2D eigenvalue weighted by Gasteiger charge is 2.30. The average molecular weight is 387 g/mol. The first-order valence-electron chi connectivity index (χ1n) is 8.91. The van der Waals surface area contributed by atoms with Crippen LogP contribution in [0.15, 0.2) is 59.8 Å². The molecule has 3 aromatic rings. The molecule has 0 saturated carbocycles. The van der Waals surface area contributed by atoms with Gasteiger partial charge in [0.15, 0.2) is 0 Å². The fraction of sp³-hybridized carbons (Fsp3) is 0.238. The van der Waals surface area contributed by atoms with E-state index in [-0.39, 0.29) is 5.56 Å². The van der Waals surface area contributed by atoms with E-state index in [4.69, 9.17) is 0 Å². The molecule has 0 aliphatic heterocycles. The molecule has 1 atom stereocenters. The van der Waals surface area contributed by atoms with E-state index in [9.17, 15) is 18.0 Å². The van der Waals surface area contributed by atoms with Crippen molar-refractivity contribution >= 4 is 23.0 Å². The molecule has 7 heteroatoms. The van der Waals surface area contributed by atoms with Crippen LogP contribution in [0.3, 0.4) is 0 Å². The number of amides is 1. The Bertz CT molecular complexity index is 1020. The van der Waals surface area contributed by atoms with Crippen molar-refractivity contribution < 1.29 is 18.0 Å². The highest BCUT2D eigenvalue weighted by molar-refractivity contribution is 6.00. The normalized spacial score (nSPS) is 13.2. The maximum atomic E-state index is 12.8. The number of hydrogen-bond acceptors (Lipinski definition) is 2. The summed E-state index contributed by atoms with van der Waals surface area (Å²) in [7, 11) is 0. The van der Waals surface area contributed by atoms with Gasteiger partial charge in [0.25, 0.3) is 5.91 Å². The van der Waals surface area contributed by atoms with Crippen LogP contribution in [-0.2, 0) is 6.18 Å². The van der Waals surface area contributed by atoms with Gasteiger partial charge in [0, 0.05) is 34.3 Å². The molecule has 1 amide bonds. The van der Waals surface area contributed by atoms with Crippen LogP contribution in [0.4, 0.5) is 13.2 Å². The molecule has 0 spiro atoms. The minimum atomic E-state index is -4.50. The van der Waals surface area contributed by atoms with Crippen LogP contribution in [0.5, 0.6) is 0 Å². The predicted octanol–water partition coefficient (Wildman–Crippen LogP) is 5.40. The molecule has 0 radical (unpaired) electrons. The molecule has 0 saturated heterocycles. The maximum absolute atomic E-state index is 12.8. The molecule has 0 aliphatic rings. The largest absolute Gasteiger partial charge is 0.416 e. The van der Waals surface area contributed by atoms with Crippen molar-refractivity contribution in [3.05, 3.63) is 71.4 Å². The molecule has 1 aromatic heterocycles. The van der Waals surface area contributed by atoms with Crippen molar-refractivity contribution in [2.24, 2.45) is 5.10 Å². The van der Waals surface area contributed by atoms with Crippen LogP contribution >= 0.6 is 0 Å². The lowest BCUT2D eigenvalue weighted by atomic mass is 10.1. The Balaban J connectivity index is 1.81. The Morgan fingerprint density at radius 3 is 2.68 bits per heavy atom. The topological polar surface area (TPSA) is 46.4 Å². The van der Waals surface area contributed by atoms with Gasteiger partial charge in [0.1, 0.15) is 0 Å². The zero-order valence-corrected chi connectivity index (χ0v) is 15.5. The lowest BCUT2D eigenvalue weighted by Gasteiger charge is -2.12. The second-order valence-corrected chi connectivity index (χ2v) is 6.54. The number of hydrogen-bond donors (Lipinski definition) is 1. The molecule has 0 aliphatic carbocycles. The van der Waals surface area contributed by atoms with Crippen molar-refractivity contribution in [1.29, 1.82) is 0 Å². The zero-order chi connectivity index (χ0) is 20.3. The third kappa shape index (κ3) is 4.08. The van der Waals surface area contributed by atoms with Gasteiger partial charge >= 0.3 is 6.18 Å². The van der Waals surface area contributed by atoms with E-state index in [1.54, 1.807) is 0 Å². The summed E-state index contributed by atoms with van der Waals surface area (Å²) in [4.78, 5) is 12.1. The summed E-state index contributed by atoms with van der Waals surface area (Å²) < 4.78 is 40.5. The molecule has 0 fully saturated rings. The molecule has 146 valence electrons. The monoisotopic (exact) mass is 387 g/mol. The molecule has 0 bridgehead atoms. The smallest absolute Gasteiger partial charge is 0.344 e. The minimum absolute atomic E-state index is 0.103. The number of para-hydroxylation sites is 1. The Hall–Kier alpha value is -3.09. The molecular weight excluding hydrogens is 367 g/mol. The van der Waals surface area contributed by atoms with Gasteiger partial charge in [-0.3, -0.25) is 4.79 Å². The van der Waals surface area contributed by atoms with Crippen molar-refractivity contribution in [3.63, 3.8) is 0 Å². The highest BCUT2D eigenvalue weighted by atomic mass is 19.4. The van der Waals surface area contributed by atoms with Gasteiger partial charge in [-0.05, 0) is 37.6 Å². The molecule has 1 heterocycles. The molecule has 1 N–H and O–H groups in total. The standard InChI is InChI=1S/C21H20F3N3O/c1-3-14(2)27-13-16(18-9-4-5-10-19(18)27)12-25-26-20(28)15-7-6-8-17(11-15)21(22,23)24/h4-14H,3H2,1-2H3,(H,26,28)/b25-12-/t14-/m0/s1. The summed E-state index contributed by atoms with van der Waals surface area (Å²) in [6, 6.07) is 12.4. The fourth-order valence-corrected chi connectivity index (χ4v) is 2.96. The third-order valence-corrected chi connectivity index (χ3v) is 4.66. The summed E-state index contributed by atoms with van der Waals surface area (Å²) in [5.74, 6) is -0.701. The molecular formula is C21H20F3N3O. The molecule has 2 aromatic carbocycles. The number of nitrogens with one attached hydrogen (secondary N) is 1. The average Bonchev–Trinajstić information content (AvgIpc) is 3.05. The first kappa shape index (κ1) is 19.7. The quantitative estimate of drug-likeness (QED) is 0.463. The van der Waals surface area contributed by atoms with E-state index in [1.807, 2.05) is 30.5 Å². The number of nitrogens with zero attached hydrogens (tertiary/aromatic N) is 2. The number of carbonyl (C=O) groups excluding carboxylic acids is 1. The fourth-order valence-electron chi connectivity index (χ4n) is 2.96. The number of hydrazone groups is 1. The van der Waals surface area contributed by atoms with Crippen LogP contribution < -0.4 is 5.43 Å². The van der Waals surface area contributed by atoms with Crippen LogP contribution in [-0.4, -0.2) is 16.7 Å². The van der Waals surface area contributed by atoms with E-state index in [0.717, 1.165) is 35.0 Å². The van der Waals surface area contributed by atoms with Gasteiger partial charge in [0.2, 0.25) is 0 Å². The number of alkyl halides is 3. The number of fused-ring (bicyclic) bond motifs is 1. The summed E-state index contributed by atoms with van der Waals surface area (Å²) in [5, 5.41) is 4.93. The first-order chi connectivity index (χ1) is 13.3. The summed E-state index contributed by atoms with van der Waals surface area (Å²) in [6.07, 6.45) is -0.0790. The maximum Gasteiger partial charge on any atom is 0.416 e. The van der Waals surface area contributed by atoms with Crippen LogP contribution in [0.1, 0.15) is 47.8 Å². The SMILES string of the molecule is CC[C@H](C)n1cc(/C=N\NC(=O)c2cccc(C(F)(F)F)c2)c2ccccc21. The Morgan fingerprint density at radius 2 is 1.96 bits per heavy atom. The summed E-state index contributed by atoms with van der Waals surface area (Å²) in [5.41, 5.74) is 3.20. The molecule has 0 unspecified atom stereocenters. The second kappa shape index (κ2) is 7.88. The van der Waals surface area contributed by atoms with Gasteiger partial charge in [0.05, 0.1) is 11.8 Å². The van der Waals surface area contributed by atoms with Crippen LogP contribution in [0.25, 0.3) is 10.9 Å². The van der Waals surface area contributed by atoms with Crippen molar-refractivity contribution in [2.45, 2.75) is 32.5 Å². The highest BCUT2D eigenvalue weighted by Crippen LogP contribution is 2.29. The van der Waals surface area contributed by atoms with Gasteiger partial charge in [-0.2, -0.15) is 18.3 Å².